The van der Waals surface area contributed by atoms with Crippen LogP contribution in [-0.4, -0.2) is 51.8 Å². The minimum Gasteiger partial charge on any atom is -0.497 e. The monoisotopic (exact) mass is 425 g/mol. The number of aromatic nitrogens is 4. The molecule has 156 valence electrons. The molecule has 8 nitrogen and oxygen atoms in total. The number of aryl methyl sites for hydroxylation is 1. The quantitative estimate of drug-likeness (QED) is 0.624. The predicted molar refractivity (Wildman–Crippen MR) is 112 cm³/mol. The number of ether oxygens (including phenoxy) is 2. The van der Waals surface area contributed by atoms with Gasteiger partial charge in [-0.15, -0.1) is 16.4 Å². The summed E-state index contributed by atoms with van der Waals surface area (Å²) in [6.07, 6.45) is 6.45. The third-order valence-electron chi connectivity index (χ3n) is 5.99. The Kier molecular flexibility index (Phi) is 4.90. The Labute approximate surface area is 178 Å². The number of carbonyl (C=O) groups is 1. The molecule has 0 N–H and O–H groups in total. The average molecular weight is 426 g/mol. The lowest BCUT2D eigenvalue weighted by Crippen LogP contribution is -2.31. The number of tetrazole rings is 1. The van der Waals surface area contributed by atoms with Gasteiger partial charge in [-0.05, 0) is 60.2 Å². The standard InChI is InChI=1S/C21H23N5O3S/c1-28-13-8-9-14(17(11-13)29-2)16-6-4-10-25(16)20(27)19-15-5-3-7-18(15)30-21(19)26-12-22-23-24-26/h8-9,11-12,16H,3-7,10H2,1-2H3. The van der Waals surface area contributed by atoms with E-state index in [1.165, 1.54) is 10.4 Å². The number of amides is 1. The maximum absolute atomic E-state index is 13.9. The Morgan fingerprint density at radius 1 is 1.20 bits per heavy atom. The molecular weight excluding hydrogens is 402 g/mol. The van der Waals surface area contributed by atoms with Gasteiger partial charge in [0.2, 0.25) is 0 Å². The normalized spacial score (nSPS) is 17.9. The van der Waals surface area contributed by atoms with Crippen LogP contribution in [0.2, 0.25) is 0 Å². The molecule has 2 aromatic heterocycles. The fourth-order valence-corrected chi connectivity index (χ4v) is 5.89. The van der Waals surface area contributed by atoms with Gasteiger partial charge in [-0.25, -0.2) is 0 Å². The van der Waals surface area contributed by atoms with Crippen molar-refractivity contribution in [1.82, 2.24) is 25.1 Å². The van der Waals surface area contributed by atoms with Crippen LogP contribution in [0.25, 0.3) is 5.00 Å². The van der Waals surface area contributed by atoms with Crippen molar-refractivity contribution in [2.75, 3.05) is 20.8 Å². The van der Waals surface area contributed by atoms with Crippen molar-refractivity contribution in [1.29, 1.82) is 0 Å². The minimum absolute atomic E-state index is 0.0305. The summed E-state index contributed by atoms with van der Waals surface area (Å²) in [6, 6.07) is 5.78. The van der Waals surface area contributed by atoms with Gasteiger partial charge >= 0.3 is 0 Å². The minimum atomic E-state index is -0.0305. The van der Waals surface area contributed by atoms with E-state index in [4.69, 9.17) is 9.47 Å². The Bertz CT molecular complexity index is 1080. The second-order valence-corrected chi connectivity index (χ2v) is 8.64. The summed E-state index contributed by atoms with van der Waals surface area (Å²) < 4.78 is 12.6. The molecule has 9 heteroatoms. The number of hydrogen-bond acceptors (Lipinski definition) is 7. The highest BCUT2D eigenvalue weighted by atomic mass is 32.1. The van der Waals surface area contributed by atoms with E-state index in [9.17, 15) is 4.79 Å². The van der Waals surface area contributed by atoms with Crippen molar-refractivity contribution in [3.05, 3.63) is 46.1 Å². The molecule has 1 atom stereocenters. The first-order valence-electron chi connectivity index (χ1n) is 10.1. The first-order chi connectivity index (χ1) is 14.7. The van der Waals surface area contributed by atoms with E-state index in [-0.39, 0.29) is 11.9 Å². The van der Waals surface area contributed by atoms with Crippen LogP contribution in [0.5, 0.6) is 11.5 Å². The van der Waals surface area contributed by atoms with E-state index in [1.807, 2.05) is 23.1 Å². The van der Waals surface area contributed by atoms with Gasteiger partial charge in [0.15, 0.2) is 0 Å². The molecule has 1 saturated heterocycles. The number of methoxy groups -OCH3 is 2. The summed E-state index contributed by atoms with van der Waals surface area (Å²) in [5.74, 6) is 1.54. The Hall–Kier alpha value is -2.94. The summed E-state index contributed by atoms with van der Waals surface area (Å²) in [4.78, 5) is 17.1. The third-order valence-corrected chi connectivity index (χ3v) is 7.27. The molecule has 1 aromatic carbocycles. The second-order valence-electron chi connectivity index (χ2n) is 7.56. The van der Waals surface area contributed by atoms with Crippen molar-refractivity contribution >= 4 is 17.2 Å². The maximum atomic E-state index is 13.9. The Morgan fingerprint density at radius 3 is 2.87 bits per heavy atom. The molecule has 2 aliphatic rings. The molecule has 0 spiro atoms. The van der Waals surface area contributed by atoms with Crippen LogP contribution in [0.3, 0.4) is 0 Å². The lowest BCUT2D eigenvalue weighted by Gasteiger charge is -2.27. The van der Waals surface area contributed by atoms with Crippen LogP contribution in [0.4, 0.5) is 0 Å². The average Bonchev–Trinajstić information content (AvgIpc) is 3.55. The first kappa shape index (κ1) is 19.0. The lowest BCUT2D eigenvalue weighted by molar-refractivity contribution is 0.0733. The molecule has 30 heavy (non-hydrogen) atoms. The smallest absolute Gasteiger partial charge is 0.257 e. The summed E-state index contributed by atoms with van der Waals surface area (Å²) in [5, 5.41) is 12.4. The van der Waals surface area contributed by atoms with Gasteiger partial charge in [-0.1, -0.05) is 0 Å². The number of rotatable bonds is 5. The van der Waals surface area contributed by atoms with Crippen molar-refractivity contribution in [3.8, 4) is 16.5 Å². The van der Waals surface area contributed by atoms with Gasteiger partial charge in [0.25, 0.3) is 5.91 Å². The molecule has 1 amide bonds. The molecule has 1 aliphatic heterocycles. The zero-order chi connectivity index (χ0) is 20.7. The molecule has 1 unspecified atom stereocenters. The molecule has 5 rings (SSSR count). The zero-order valence-corrected chi connectivity index (χ0v) is 17.8. The van der Waals surface area contributed by atoms with Gasteiger partial charge < -0.3 is 14.4 Å². The highest BCUT2D eigenvalue weighted by molar-refractivity contribution is 7.15. The molecule has 1 fully saturated rings. The molecule has 0 bridgehead atoms. The van der Waals surface area contributed by atoms with Crippen molar-refractivity contribution in [3.63, 3.8) is 0 Å². The van der Waals surface area contributed by atoms with E-state index in [2.05, 4.69) is 15.5 Å². The van der Waals surface area contributed by atoms with Gasteiger partial charge in [0.05, 0.1) is 25.8 Å². The SMILES string of the molecule is COc1ccc(C2CCCN2C(=O)c2c(-n3cnnn3)sc3c2CCC3)c(OC)c1. The molecule has 3 aromatic rings. The predicted octanol–water partition coefficient (Wildman–Crippen LogP) is 3.21. The number of thiophene rings is 1. The number of carbonyl (C=O) groups excluding carboxylic acids is 1. The summed E-state index contributed by atoms with van der Waals surface area (Å²) in [5.41, 5.74) is 2.95. The van der Waals surface area contributed by atoms with E-state index >= 15 is 0 Å². The van der Waals surface area contributed by atoms with Crippen molar-refractivity contribution in [2.45, 2.75) is 38.1 Å². The van der Waals surface area contributed by atoms with Gasteiger partial charge in [-0.2, -0.15) is 4.68 Å². The number of hydrogen-bond donors (Lipinski definition) is 0. The highest BCUT2D eigenvalue weighted by Crippen LogP contribution is 2.43. The Morgan fingerprint density at radius 2 is 2.10 bits per heavy atom. The summed E-state index contributed by atoms with van der Waals surface area (Å²) in [6.45, 7) is 0.721. The molecule has 1 aliphatic carbocycles. The van der Waals surface area contributed by atoms with Crippen LogP contribution in [0.1, 0.15) is 51.7 Å². The number of benzene rings is 1. The number of fused-ring (bicyclic) bond motifs is 1. The maximum Gasteiger partial charge on any atom is 0.257 e. The molecule has 3 heterocycles. The van der Waals surface area contributed by atoms with Crippen molar-refractivity contribution in [2.24, 2.45) is 0 Å². The van der Waals surface area contributed by atoms with Crippen molar-refractivity contribution < 1.29 is 14.3 Å². The number of nitrogens with zero attached hydrogens (tertiary/aromatic N) is 5. The van der Waals surface area contributed by atoms with E-state index in [0.717, 1.165) is 66.3 Å². The largest absolute Gasteiger partial charge is 0.497 e. The van der Waals surface area contributed by atoms with E-state index in [1.54, 1.807) is 36.6 Å². The first-order valence-corrected chi connectivity index (χ1v) is 10.9. The third kappa shape index (κ3) is 3.04. The van der Waals surface area contributed by atoms with Crippen LogP contribution in [0.15, 0.2) is 24.5 Å². The highest BCUT2D eigenvalue weighted by Gasteiger charge is 2.37. The molecular formula is C21H23N5O3S. The van der Waals surface area contributed by atoms with Crippen LogP contribution < -0.4 is 9.47 Å². The fourth-order valence-electron chi connectivity index (χ4n) is 4.60. The van der Waals surface area contributed by atoms with Gasteiger partial charge in [0, 0.05) is 23.1 Å². The van der Waals surface area contributed by atoms with Gasteiger partial charge in [-0.3, -0.25) is 4.79 Å². The topological polar surface area (TPSA) is 82.4 Å². The molecule has 0 radical (unpaired) electrons. The zero-order valence-electron chi connectivity index (χ0n) is 17.0. The Balaban J connectivity index is 1.55. The lowest BCUT2D eigenvalue weighted by atomic mass is 10.0. The van der Waals surface area contributed by atoms with Crippen LogP contribution in [0, 0.1) is 0 Å². The molecule has 0 saturated carbocycles. The second kappa shape index (κ2) is 7.71. The summed E-state index contributed by atoms with van der Waals surface area (Å²) >= 11 is 1.63. The van der Waals surface area contributed by atoms with Crippen LogP contribution >= 0.6 is 11.3 Å². The van der Waals surface area contributed by atoms with E-state index < -0.39 is 0 Å². The van der Waals surface area contributed by atoms with Crippen LogP contribution in [-0.2, 0) is 12.8 Å². The fraction of sp³-hybridized carbons (Fsp3) is 0.429. The number of likely N-dealkylation sites (tertiary alicyclic amines) is 1. The summed E-state index contributed by atoms with van der Waals surface area (Å²) in [7, 11) is 3.29. The van der Waals surface area contributed by atoms with E-state index in [0.29, 0.717) is 0 Å². The van der Waals surface area contributed by atoms with Gasteiger partial charge in [0.1, 0.15) is 22.8 Å².